The van der Waals surface area contributed by atoms with Gasteiger partial charge in [-0.1, -0.05) is 13.8 Å². The van der Waals surface area contributed by atoms with Crippen LogP contribution in [0.5, 0.6) is 0 Å². The van der Waals surface area contributed by atoms with E-state index in [1.165, 1.54) is 0 Å². The summed E-state index contributed by atoms with van der Waals surface area (Å²) in [4.78, 5) is 13.6. The van der Waals surface area contributed by atoms with E-state index in [4.69, 9.17) is 5.26 Å². The summed E-state index contributed by atoms with van der Waals surface area (Å²) in [5.74, 6) is 0.702. The third-order valence-corrected chi connectivity index (χ3v) is 3.00. The molecule has 1 fully saturated rings. The van der Waals surface area contributed by atoms with Gasteiger partial charge < -0.3 is 4.90 Å². The molecule has 0 bridgehead atoms. The molecule has 1 saturated carbocycles. The minimum atomic E-state index is -0.646. The van der Waals surface area contributed by atoms with Crippen LogP contribution < -0.4 is 0 Å². The van der Waals surface area contributed by atoms with E-state index < -0.39 is 5.41 Å². The Bertz CT molecular complexity index is 274. The van der Waals surface area contributed by atoms with Gasteiger partial charge in [-0.25, -0.2) is 0 Å². The summed E-state index contributed by atoms with van der Waals surface area (Å²) in [7, 11) is 1.81. The maximum absolute atomic E-state index is 11.8. The fourth-order valence-electron chi connectivity index (χ4n) is 1.70. The van der Waals surface area contributed by atoms with Gasteiger partial charge in [0.2, 0.25) is 5.91 Å². The van der Waals surface area contributed by atoms with E-state index in [1.54, 1.807) is 11.9 Å². The van der Waals surface area contributed by atoms with Crippen LogP contribution in [0, 0.1) is 22.7 Å². The molecule has 0 spiro atoms. The van der Waals surface area contributed by atoms with Gasteiger partial charge in [-0.2, -0.15) is 5.26 Å². The molecule has 0 aromatic carbocycles. The maximum Gasteiger partial charge on any atom is 0.242 e. The van der Waals surface area contributed by atoms with Gasteiger partial charge in [-0.15, -0.1) is 0 Å². The quantitative estimate of drug-likeness (QED) is 0.695. The first-order valence-electron chi connectivity index (χ1n) is 5.68. The van der Waals surface area contributed by atoms with Crippen LogP contribution in [0.2, 0.25) is 0 Å². The lowest BCUT2D eigenvalue weighted by molar-refractivity contribution is -0.133. The molecule has 0 atom stereocenters. The molecule has 1 amide bonds. The molecular formula is C12H20N2O. The minimum Gasteiger partial charge on any atom is -0.344 e. The van der Waals surface area contributed by atoms with Crippen molar-refractivity contribution in [3.8, 4) is 6.07 Å². The molecule has 0 N–H and O–H groups in total. The van der Waals surface area contributed by atoms with Crippen molar-refractivity contribution in [2.75, 3.05) is 13.6 Å². The second-order valence-corrected chi connectivity index (χ2v) is 4.96. The van der Waals surface area contributed by atoms with Crippen molar-refractivity contribution in [2.24, 2.45) is 11.3 Å². The van der Waals surface area contributed by atoms with Crippen molar-refractivity contribution >= 4 is 5.91 Å². The molecule has 84 valence electrons. The second-order valence-electron chi connectivity index (χ2n) is 4.96. The molecule has 0 aromatic rings. The van der Waals surface area contributed by atoms with Crippen LogP contribution in [0.3, 0.4) is 0 Å². The number of rotatable bonds is 5. The fraction of sp³-hybridized carbons (Fsp3) is 0.833. The Morgan fingerprint density at radius 1 is 1.53 bits per heavy atom. The first-order valence-corrected chi connectivity index (χ1v) is 5.68. The number of hydrogen-bond acceptors (Lipinski definition) is 2. The van der Waals surface area contributed by atoms with E-state index >= 15 is 0 Å². The summed E-state index contributed by atoms with van der Waals surface area (Å²) in [5, 5.41) is 8.89. The van der Waals surface area contributed by atoms with Gasteiger partial charge in [0.05, 0.1) is 6.07 Å². The van der Waals surface area contributed by atoms with E-state index in [2.05, 4.69) is 19.9 Å². The predicted molar refractivity (Wildman–Crippen MR) is 59.0 cm³/mol. The van der Waals surface area contributed by atoms with Crippen molar-refractivity contribution in [3.05, 3.63) is 0 Å². The maximum atomic E-state index is 11.8. The highest BCUT2D eigenvalue weighted by atomic mass is 16.2. The molecule has 0 heterocycles. The van der Waals surface area contributed by atoms with Gasteiger partial charge >= 0.3 is 0 Å². The first-order chi connectivity index (χ1) is 7.02. The Balaban J connectivity index is 2.32. The number of carbonyl (C=O) groups excluding carboxylic acids is 1. The average molecular weight is 208 g/mol. The fourth-order valence-corrected chi connectivity index (χ4v) is 1.70. The lowest BCUT2D eigenvalue weighted by Gasteiger charge is -2.19. The molecule has 0 aromatic heterocycles. The molecule has 1 aliphatic rings. The number of amides is 1. The van der Waals surface area contributed by atoms with Gasteiger partial charge in [-0.05, 0) is 31.6 Å². The van der Waals surface area contributed by atoms with Crippen molar-refractivity contribution in [3.63, 3.8) is 0 Å². The van der Waals surface area contributed by atoms with Crippen LogP contribution in [0.25, 0.3) is 0 Å². The third kappa shape index (κ3) is 2.95. The first kappa shape index (κ1) is 12.0. The molecular weight excluding hydrogens is 188 g/mol. The van der Waals surface area contributed by atoms with E-state index in [0.717, 1.165) is 32.2 Å². The zero-order valence-corrected chi connectivity index (χ0v) is 9.92. The highest BCUT2D eigenvalue weighted by molar-refractivity contribution is 5.88. The number of nitriles is 1. The Morgan fingerprint density at radius 3 is 2.53 bits per heavy atom. The monoisotopic (exact) mass is 208 g/mol. The van der Waals surface area contributed by atoms with Crippen molar-refractivity contribution < 1.29 is 4.79 Å². The highest BCUT2D eigenvalue weighted by Gasteiger charge is 2.51. The third-order valence-electron chi connectivity index (χ3n) is 3.00. The van der Waals surface area contributed by atoms with E-state index in [1.807, 2.05) is 0 Å². The smallest absolute Gasteiger partial charge is 0.242 e. The van der Waals surface area contributed by atoms with Gasteiger partial charge in [0.15, 0.2) is 0 Å². The topological polar surface area (TPSA) is 44.1 Å². The SMILES string of the molecule is CC(C)CCCN(C)C(=O)C1(C#N)CC1. The predicted octanol–water partition coefficient (Wildman–Crippen LogP) is 2.18. The normalized spacial score (nSPS) is 17.3. The van der Waals surface area contributed by atoms with Crippen LogP contribution >= 0.6 is 0 Å². The lowest BCUT2D eigenvalue weighted by atomic mass is 10.1. The minimum absolute atomic E-state index is 0.0220. The summed E-state index contributed by atoms with van der Waals surface area (Å²) in [6.07, 6.45) is 3.66. The number of carbonyl (C=O) groups is 1. The molecule has 0 aliphatic heterocycles. The summed E-state index contributed by atoms with van der Waals surface area (Å²) >= 11 is 0. The Kier molecular flexibility index (Phi) is 3.73. The second kappa shape index (κ2) is 4.65. The van der Waals surface area contributed by atoms with Gasteiger partial charge in [0.25, 0.3) is 0 Å². The number of hydrogen-bond donors (Lipinski definition) is 0. The van der Waals surface area contributed by atoms with Crippen LogP contribution in [-0.4, -0.2) is 24.4 Å². The van der Waals surface area contributed by atoms with Gasteiger partial charge in [-0.3, -0.25) is 4.79 Å². The molecule has 0 unspecified atom stereocenters. The van der Waals surface area contributed by atoms with E-state index in [0.29, 0.717) is 5.92 Å². The average Bonchev–Trinajstić information content (AvgIpc) is 2.96. The van der Waals surface area contributed by atoms with Crippen molar-refractivity contribution in [1.29, 1.82) is 5.26 Å². The van der Waals surface area contributed by atoms with Gasteiger partial charge in [0, 0.05) is 13.6 Å². The molecule has 3 heteroatoms. The zero-order valence-electron chi connectivity index (χ0n) is 9.92. The molecule has 0 radical (unpaired) electrons. The molecule has 0 saturated heterocycles. The largest absolute Gasteiger partial charge is 0.344 e. The Labute approximate surface area is 92.1 Å². The van der Waals surface area contributed by atoms with Crippen LogP contribution in [0.1, 0.15) is 39.5 Å². The van der Waals surface area contributed by atoms with Crippen LogP contribution in [-0.2, 0) is 4.79 Å². The van der Waals surface area contributed by atoms with Crippen molar-refractivity contribution in [2.45, 2.75) is 39.5 Å². The lowest BCUT2D eigenvalue weighted by Crippen LogP contribution is -2.34. The number of nitrogens with zero attached hydrogens (tertiary/aromatic N) is 2. The molecule has 3 nitrogen and oxygen atoms in total. The molecule has 1 rings (SSSR count). The highest BCUT2D eigenvalue weighted by Crippen LogP contribution is 2.46. The Hall–Kier alpha value is -1.04. The van der Waals surface area contributed by atoms with Gasteiger partial charge in [0.1, 0.15) is 5.41 Å². The summed E-state index contributed by atoms with van der Waals surface area (Å²) < 4.78 is 0. The zero-order chi connectivity index (χ0) is 11.5. The Morgan fingerprint density at radius 2 is 2.13 bits per heavy atom. The standard InChI is InChI=1S/C12H20N2O/c1-10(2)5-4-8-14(3)11(15)12(9-13)6-7-12/h10H,4-8H2,1-3H3. The van der Waals surface area contributed by atoms with Crippen LogP contribution in [0.15, 0.2) is 0 Å². The van der Waals surface area contributed by atoms with E-state index in [-0.39, 0.29) is 5.91 Å². The summed E-state index contributed by atoms with van der Waals surface area (Å²) in [5.41, 5.74) is -0.646. The van der Waals surface area contributed by atoms with Crippen molar-refractivity contribution in [1.82, 2.24) is 4.90 Å². The van der Waals surface area contributed by atoms with Crippen LogP contribution in [0.4, 0.5) is 0 Å². The molecule has 1 aliphatic carbocycles. The summed E-state index contributed by atoms with van der Waals surface area (Å²) in [6.45, 7) is 5.14. The van der Waals surface area contributed by atoms with E-state index in [9.17, 15) is 4.79 Å². The summed E-state index contributed by atoms with van der Waals surface area (Å²) in [6, 6.07) is 2.14. The molecule has 15 heavy (non-hydrogen) atoms.